The van der Waals surface area contributed by atoms with Gasteiger partial charge >= 0.3 is 0 Å². The summed E-state index contributed by atoms with van der Waals surface area (Å²) in [6, 6.07) is 2.73. The zero-order valence-electron chi connectivity index (χ0n) is 12.2. The Balaban J connectivity index is 2.75. The fraction of sp³-hybridized carbons (Fsp3) is 0.500. The number of hydrogen-bond donors (Lipinski definition) is 2. The summed E-state index contributed by atoms with van der Waals surface area (Å²) < 4.78 is 13.0. The first-order valence-electron chi connectivity index (χ1n) is 6.50. The number of amides is 1. The number of carbonyl (C=O) groups excluding carboxylic acids is 1. The van der Waals surface area contributed by atoms with Crippen molar-refractivity contribution in [1.29, 1.82) is 0 Å². The molecule has 0 aliphatic carbocycles. The molecule has 0 saturated carbocycles. The van der Waals surface area contributed by atoms with E-state index in [9.17, 15) is 24.4 Å². The average Bonchev–Trinajstić information content (AvgIpc) is 2.33. The van der Waals surface area contributed by atoms with Crippen molar-refractivity contribution >= 4 is 11.6 Å². The first kappa shape index (κ1) is 17.0. The standard InChI is InChI=1S/C14H19FN2O4/c1-14(2,3)7-10(18)8-16-13(19)11-5-4-9(15)6-12(11)17(20)21/h4-6,10,18H,7-8H2,1-3H3,(H,16,19). The molecule has 1 rings (SSSR count). The van der Waals surface area contributed by atoms with Crippen LogP contribution in [-0.2, 0) is 0 Å². The lowest BCUT2D eigenvalue weighted by molar-refractivity contribution is -0.385. The molecule has 0 heterocycles. The van der Waals surface area contributed by atoms with Gasteiger partial charge in [0.15, 0.2) is 0 Å². The number of nitro benzene ring substituents is 1. The smallest absolute Gasteiger partial charge is 0.285 e. The highest BCUT2D eigenvalue weighted by Gasteiger charge is 2.22. The van der Waals surface area contributed by atoms with E-state index in [0.29, 0.717) is 12.5 Å². The van der Waals surface area contributed by atoms with Crippen LogP contribution in [0.3, 0.4) is 0 Å². The molecule has 1 aromatic carbocycles. The normalized spacial score (nSPS) is 12.8. The van der Waals surface area contributed by atoms with Crippen LogP contribution < -0.4 is 5.32 Å². The summed E-state index contributed by atoms with van der Waals surface area (Å²) in [6.45, 7) is 5.82. The monoisotopic (exact) mass is 298 g/mol. The van der Waals surface area contributed by atoms with Gasteiger partial charge in [0, 0.05) is 6.54 Å². The quantitative estimate of drug-likeness (QED) is 0.644. The van der Waals surface area contributed by atoms with E-state index in [1.165, 1.54) is 0 Å². The molecular weight excluding hydrogens is 279 g/mol. The van der Waals surface area contributed by atoms with E-state index in [4.69, 9.17) is 0 Å². The van der Waals surface area contributed by atoms with Gasteiger partial charge in [-0.15, -0.1) is 0 Å². The number of aliphatic hydroxyl groups excluding tert-OH is 1. The molecule has 0 aliphatic heterocycles. The number of rotatable bonds is 5. The van der Waals surface area contributed by atoms with Crippen molar-refractivity contribution in [1.82, 2.24) is 5.32 Å². The predicted molar refractivity (Wildman–Crippen MR) is 75.5 cm³/mol. The Labute approximate surface area is 122 Å². The number of nitro groups is 1. The SMILES string of the molecule is CC(C)(C)CC(O)CNC(=O)c1ccc(F)cc1[N+](=O)[O-]. The molecule has 2 N–H and O–H groups in total. The second-order valence-electron chi connectivity index (χ2n) is 6.05. The topological polar surface area (TPSA) is 92.5 Å². The van der Waals surface area contributed by atoms with Gasteiger partial charge in [0.1, 0.15) is 11.4 Å². The van der Waals surface area contributed by atoms with E-state index in [0.717, 1.165) is 12.1 Å². The summed E-state index contributed by atoms with van der Waals surface area (Å²) in [5.74, 6) is -1.50. The van der Waals surface area contributed by atoms with Gasteiger partial charge < -0.3 is 10.4 Å². The number of halogens is 1. The molecule has 0 saturated heterocycles. The third-order valence-electron chi connectivity index (χ3n) is 2.75. The summed E-state index contributed by atoms with van der Waals surface area (Å²) in [5.41, 5.74) is -0.936. The summed E-state index contributed by atoms with van der Waals surface area (Å²) in [6.07, 6.45) is -0.285. The van der Waals surface area contributed by atoms with Gasteiger partial charge in [-0.05, 0) is 24.0 Å². The van der Waals surface area contributed by atoms with Crippen LogP contribution in [0.15, 0.2) is 18.2 Å². The highest BCUT2D eigenvalue weighted by atomic mass is 19.1. The molecule has 1 unspecified atom stereocenters. The number of benzene rings is 1. The molecule has 0 radical (unpaired) electrons. The van der Waals surface area contributed by atoms with Crippen molar-refractivity contribution < 1.29 is 19.2 Å². The second kappa shape index (κ2) is 6.62. The van der Waals surface area contributed by atoms with Crippen LogP contribution >= 0.6 is 0 Å². The highest BCUT2D eigenvalue weighted by molar-refractivity contribution is 5.98. The Hall–Kier alpha value is -2.02. The molecule has 0 fully saturated rings. The maximum atomic E-state index is 13.0. The van der Waals surface area contributed by atoms with E-state index in [-0.39, 0.29) is 17.5 Å². The van der Waals surface area contributed by atoms with E-state index in [2.05, 4.69) is 5.32 Å². The van der Waals surface area contributed by atoms with Gasteiger partial charge in [-0.2, -0.15) is 0 Å². The van der Waals surface area contributed by atoms with Crippen molar-refractivity contribution in [2.24, 2.45) is 5.41 Å². The molecule has 1 atom stereocenters. The first-order valence-corrected chi connectivity index (χ1v) is 6.50. The molecule has 0 bridgehead atoms. The van der Waals surface area contributed by atoms with Gasteiger partial charge in [0.2, 0.25) is 0 Å². The minimum Gasteiger partial charge on any atom is -0.391 e. The average molecular weight is 298 g/mol. The van der Waals surface area contributed by atoms with Crippen molar-refractivity contribution in [2.75, 3.05) is 6.54 Å². The lowest BCUT2D eigenvalue weighted by Gasteiger charge is -2.22. The van der Waals surface area contributed by atoms with E-state index in [1.54, 1.807) is 0 Å². The predicted octanol–water partition coefficient (Wildman–Crippen LogP) is 2.26. The molecule has 21 heavy (non-hydrogen) atoms. The third-order valence-corrected chi connectivity index (χ3v) is 2.75. The van der Waals surface area contributed by atoms with Crippen LogP contribution in [0, 0.1) is 21.3 Å². The number of hydrogen-bond acceptors (Lipinski definition) is 4. The Morgan fingerprint density at radius 1 is 1.48 bits per heavy atom. The minimum absolute atomic E-state index is 0.0232. The van der Waals surface area contributed by atoms with Gasteiger partial charge in [-0.25, -0.2) is 4.39 Å². The number of aliphatic hydroxyl groups is 1. The zero-order chi connectivity index (χ0) is 16.2. The van der Waals surface area contributed by atoms with E-state index >= 15 is 0 Å². The molecular formula is C14H19FN2O4. The molecule has 1 amide bonds. The molecule has 6 nitrogen and oxygen atoms in total. The Bertz CT molecular complexity index is 540. The Morgan fingerprint density at radius 3 is 2.62 bits per heavy atom. The van der Waals surface area contributed by atoms with E-state index < -0.39 is 28.4 Å². The summed E-state index contributed by atoms with van der Waals surface area (Å²) >= 11 is 0. The second-order valence-corrected chi connectivity index (χ2v) is 6.05. The van der Waals surface area contributed by atoms with Crippen LogP contribution in [-0.4, -0.2) is 28.6 Å². The first-order chi connectivity index (χ1) is 9.60. The maximum absolute atomic E-state index is 13.0. The van der Waals surface area contributed by atoms with Crippen molar-refractivity contribution in [3.05, 3.63) is 39.7 Å². The molecule has 116 valence electrons. The molecule has 7 heteroatoms. The van der Waals surface area contributed by atoms with Crippen LogP contribution in [0.1, 0.15) is 37.6 Å². The lowest BCUT2D eigenvalue weighted by Crippen LogP contribution is -2.34. The van der Waals surface area contributed by atoms with Gasteiger partial charge in [-0.1, -0.05) is 20.8 Å². The molecule has 0 aliphatic rings. The number of nitrogens with zero attached hydrogens (tertiary/aromatic N) is 1. The fourth-order valence-corrected chi connectivity index (χ4v) is 1.93. The van der Waals surface area contributed by atoms with Gasteiger partial charge in [0.25, 0.3) is 11.6 Å². The van der Waals surface area contributed by atoms with Crippen LogP contribution in [0.4, 0.5) is 10.1 Å². The van der Waals surface area contributed by atoms with Crippen molar-refractivity contribution in [3.8, 4) is 0 Å². The Kier molecular flexibility index (Phi) is 5.37. The van der Waals surface area contributed by atoms with Crippen LogP contribution in [0.5, 0.6) is 0 Å². The zero-order valence-corrected chi connectivity index (χ0v) is 12.2. The third kappa shape index (κ3) is 5.47. The summed E-state index contributed by atoms with van der Waals surface area (Å²) in [5, 5.41) is 23.0. The largest absolute Gasteiger partial charge is 0.391 e. The minimum atomic E-state index is -0.816. The van der Waals surface area contributed by atoms with Crippen molar-refractivity contribution in [3.63, 3.8) is 0 Å². The summed E-state index contributed by atoms with van der Waals surface area (Å²) in [4.78, 5) is 21.9. The van der Waals surface area contributed by atoms with Crippen LogP contribution in [0.2, 0.25) is 0 Å². The highest BCUT2D eigenvalue weighted by Crippen LogP contribution is 2.21. The molecule has 0 spiro atoms. The van der Waals surface area contributed by atoms with Crippen LogP contribution in [0.25, 0.3) is 0 Å². The van der Waals surface area contributed by atoms with Gasteiger partial charge in [-0.3, -0.25) is 14.9 Å². The molecule has 1 aromatic rings. The van der Waals surface area contributed by atoms with Gasteiger partial charge in [0.05, 0.1) is 17.1 Å². The van der Waals surface area contributed by atoms with Crippen molar-refractivity contribution in [2.45, 2.75) is 33.3 Å². The number of carbonyl (C=O) groups is 1. The lowest BCUT2D eigenvalue weighted by atomic mass is 9.89. The van der Waals surface area contributed by atoms with E-state index in [1.807, 2.05) is 20.8 Å². The fourth-order valence-electron chi connectivity index (χ4n) is 1.93. The summed E-state index contributed by atoms with van der Waals surface area (Å²) in [7, 11) is 0. The molecule has 0 aromatic heterocycles. The number of nitrogens with one attached hydrogen (secondary N) is 1. The Morgan fingerprint density at radius 2 is 2.10 bits per heavy atom. The maximum Gasteiger partial charge on any atom is 0.285 e.